The molecular weight excluding hydrogens is 304 g/mol. The van der Waals surface area contributed by atoms with Gasteiger partial charge in [0, 0.05) is 17.0 Å². The molecule has 0 aromatic heterocycles. The summed E-state index contributed by atoms with van der Waals surface area (Å²) in [6.07, 6.45) is 1.06. The number of nitro groups is 1. The van der Waals surface area contributed by atoms with Crippen molar-refractivity contribution < 1.29 is 24.0 Å². The summed E-state index contributed by atoms with van der Waals surface area (Å²) in [4.78, 5) is 44.0. The summed E-state index contributed by atoms with van der Waals surface area (Å²) in [6, 6.07) is 4.42. The number of hydrogen-bond acceptors (Lipinski definition) is 6. The standard InChI is InChI=1S/C15H18N2O6/c1-3-4-15(20)16-11-5-6-14(13(7-11)10(2)18)23-9-12(19)8-17(21)22/h5-7H,3-4,8-9H2,1-2H3,(H,16,20). The largest absolute Gasteiger partial charge is 0.485 e. The van der Waals surface area contributed by atoms with E-state index in [4.69, 9.17) is 4.74 Å². The molecule has 0 spiro atoms. The van der Waals surface area contributed by atoms with E-state index in [1.807, 2.05) is 6.92 Å². The highest BCUT2D eigenvalue weighted by molar-refractivity contribution is 5.99. The van der Waals surface area contributed by atoms with E-state index in [1.165, 1.54) is 25.1 Å². The van der Waals surface area contributed by atoms with Gasteiger partial charge in [0.2, 0.25) is 11.7 Å². The fourth-order valence-electron chi connectivity index (χ4n) is 1.81. The molecule has 0 fully saturated rings. The predicted molar refractivity (Wildman–Crippen MR) is 82.3 cm³/mol. The molecule has 1 aromatic rings. The molecule has 0 unspecified atom stereocenters. The highest BCUT2D eigenvalue weighted by atomic mass is 16.6. The first-order valence-electron chi connectivity index (χ1n) is 7.04. The van der Waals surface area contributed by atoms with Crippen molar-refractivity contribution >= 4 is 23.2 Å². The van der Waals surface area contributed by atoms with E-state index in [0.717, 1.165) is 0 Å². The summed E-state index contributed by atoms with van der Waals surface area (Å²) in [7, 11) is 0. The molecule has 0 atom stereocenters. The van der Waals surface area contributed by atoms with E-state index in [2.05, 4.69) is 5.32 Å². The van der Waals surface area contributed by atoms with E-state index in [0.29, 0.717) is 18.5 Å². The Balaban J connectivity index is 2.84. The Kier molecular flexibility index (Phi) is 6.85. The van der Waals surface area contributed by atoms with Crippen molar-refractivity contribution in [3.05, 3.63) is 33.9 Å². The summed E-state index contributed by atoms with van der Waals surface area (Å²) in [5.41, 5.74) is 0.630. The molecule has 8 heteroatoms. The Hall–Kier alpha value is -2.77. The van der Waals surface area contributed by atoms with E-state index in [-0.39, 0.29) is 23.0 Å². The number of ketones is 2. The molecule has 0 bridgehead atoms. The number of amides is 1. The van der Waals surface area contributed by atoms with E-state index in [1.54, 1.807) is 0 Å². The lowest BCUT2D eigenvalue weighted by atomic mass is 10.1. The number of nitrogens with zero attached hydrogens (tertiary/aromatic N) is 1. The minimum atomic E-state index is -0.833. The molecule has 0 heterocycles. The molecule has 0 aliphatic carbocycles. The molecular formula is C15H18N2O6. The van der Waals surface area contributed by atoms with Gasteiger partial charge in [-0.15, -0.1) is 0 Å². The number of anilines is 1. The van der Waals surface area contributed by atoms with Crippen LogP contribution in [0.5, 0.6) is 5.75 Å². The highest BCUT2D eigenvalue weighted by Crippen LogP contribution is 2.23. The summed E-state index contributed by atoms with van der Waals surface area (Å²) >= 11 is 0. The van der Waals surface area contributed by atoms with Gasteiger partial charge >= 0.3 is 0 Å². The van der Waals surface area contributed by atoms with E-state index in [9.17, 15) is 24.5 Å². The second-order valence-corrected chi connectivity index (χ2v) is 4.88. The van der Waals surface area contributed by atoms with Crippen molar-refractivity contribution in [1.82, 2.24) is 0 Å². The summed E-state index contributed by atoms with van der Waals surface area (Å²) in [5.74, 6) is -1.04. The van der Waals surface area contributed by atoms with E-state index < -0.39 is 23.9 Å². The van der Waals surface area contributed by atoms with Gasteiger partial charge in [-0.25, -0.2) is 0 Å². The topological polar surface area (TPSA) is 116 Å². The van der Waals surface area contributed by atoms with Crippen molar-refractivity contribution in [2.75, 3.05) is 18.5 Å². The maximum atomic E-state index is 11.7. The predicted octanol–water partition coefficient (Wildman–Crippen LogP) is 1.85. The zero-order valence-electron chi connectivity index (χ0n) is 13.0. The van der Waals surface area contributed by atoms with Crippen molar-refractivity contribution in [2.24, 2.45) is 0 Å². The normalized spacial score (nSPS) is 10.0. The molecule has 23 heavy (non-hydrogen) atoms. The van der Waals surface area contributed by atoms with Gasteiger partial charge in [-0.2, -0.15) is 0 Å². The van der Waals surface area contributed by atoms with Gasteiger partial charge in [0.25, 0.3) is 6.54 Å². The quantitative estimate of drug-likeness (QED) is 0.421. The molecule has 8 nitrogen and oxygen atoms in total. The monoisotopic (exact) mass is 322 g/mol. The minimum Gasteiger partial charge on any atom is -0.485 e. The van der Waals surface area contributed by atoms with Gasteiger partial charge < -0.3 is 10.1 Å². The Morgan fingerprint density at radius 2 is 2.00 bits per heavy atom. The van der Waals surface area contributed by atoms with Gasteiger partial charge in [-0.3, -0.25) is 24.5 Å². The summed E-state index contributed by atoms with van der Waals surface area (Å²) in [5, 5.41) is 12.9. The van der Waals surface area contributed by atoms with Crippen LogP contribution in [0.3, 0.4) is 0 Å². The molecule has 1 rings (SSSR count). The minimum absolute atomic E-state index is 0.141. The molecule has 0 aliphatic heterocycles. The third-order valence-electron chi connectivity index (χ3n) is 2.81. The van der Waals surface area contributed by atoms with Crippen LogP contribution in [-0.2, 0) is 9.59 Å². The number of rotatable bonds is 9. The third kappa shape index (κ3) is 6.25. The number of nitrogens with one attached hydrogen (secondary N) is 1. The lowest BCUT2D eigenvalue weighted by Crippen LogP contribution is -2.21. The fraction of sp³-hybridized carbons (Fsp3) is 0.400. The van der Waals surface area contributed by atoms with Crippen LogP contribution in [0.4, 0.5) is 5.69 Å². The number of Topliss-reactive ketones (excluding diaryl/α,β-unsaturated/α-hetero) is 2. The zero-order valence-corrected chi connectivity index (χ0v) is 13.0. The number of carbonyl (C=O) groups excluding carboxylic acids is 3. The first-order valence-corrected chi connectivity index (χ1v) is 7.04. The Bertz CT molecular complexity index is 626. The smallest absolute Gasteiger partial charge is 0.264 e. The van der Waals surface area contributed by atoms with Crippen molar-refractivity contribution in [1.29, 1.82) is 0 Å². The van der Waals surface area contributed by atoms with Crippen LogP contribution in [0.15, 0.2) is 18.2 Å². The zero-order chi connectivity index (χ0) is 17.4. The second kappa shape index (κ2) is 8.62. The number of carbonyl (C=O) groups is 3. The van der Waals surface area contributed by atoms with Gasteiger partial charge in [-0.1, -0.05) is 6.92 Å². The Labute approximate surface area is 133 Å². The fourth-order valence-corrected chi connectivity index (χ4v) is 1.81. The molecule has 0 saturated heterocycles. The average molecular weight is 322 g/mol. The number of benzene rings is 1. The van der Waals surface area contributed by atoms with Crippen LogP contribution in [0.25, 0.3) is 0 Å². The lowest BCUT2D eigenvalue weighted by Gasteiger charge is -2.11. The second-order valence-electron chi connectivity index (χ2n) is 4.88. The van der Waals surface area contributed by atoms with Crippen LogP contribution in [-0.4, -0.2) is 35.5 Å². The summed E-state index contributed by atoms with van der Waals surface area (Å²) in [6.45, 7) is 1.86. The first kappa shape index (κ1) is 18.3. The Morgan fingerprint density at radius 1 is 1.30 bits per heavy atom. The van der Waals surface area contributed by atoms with Crippen LogP contribution in [0.1, 0.15) is 37.0 Å². The lowest BCUT2D eigenvalue weighted by molar-refractivity contribution is -0.467. The van der Waals surface area contributed by atoms with Crippen LogP contribution in [0.2, 0.25) is 0 Å². The summed E-state index contributed by atoms with van der Waals surface area (Å²) < 4.78 is 5.18. The number of hydrogen-bond donors (Lipinski definition) is 1. The highest BCUT2D eigenvalue weighted by Gasteiger charge is 2.15. The van der Waals surface area contributed by atoms with E-state index >= 15 is 0 Å². The van der Waals surface area contributed by atoms with Crippen LogP contribution >= 0.6 is 0 Å². The number of ether oxygens (including phenoxy) is 1. The molecule has 1 aromatic carbocycles. The van der Waals surface area contributed by atoms with Crippen LogP contribution in [0, 0.1) is 10.1 Å². The molecule has 0 aliphatic rings. The van der Waals surface area contributed by atoms with Crippen molar-refractivity contribution in [2.45, 2.75) is 26.7 Å². The SMILES string of the molecule is CCCC(=O)Nc1ccc(OCC(=O)C[N+](=O)[O-])c(C(C)=O)c1. The molecule has 124 valence electrons. The third-order valence-corrected chi connectivity index (χ3v) is 2.81. The molecule has 1 amide bonds. The Morgan fingerprint density at radius 3 is 2.57 bits per heavy atom. The van der Waals surface area contributed by atoms with Crippen molar-refractivity contribution in [3.63, 3.8) is 0 Å². The maximum Gasteiger partial charge on any atom is 0.264 e. The van der Waals surface area contributed by atoms with Crippen molar-refractivity contribution in [3.8, 4) is 5.75 Å². The average Bonchev–Trinajstić information content (AvgIpc) is 2.45. The maximum absolute atomic E-state index is 11.7. The van der Waals surface area contributed by atoms with Gasteiger partial charge in [0.15, 0.2) is 12.4 Å². The van der Waals surface area contributed by atoms with Crippen LogP contribution < -0.4 is 10.1 Å². The first-order chi connectivity index (χ1) is 10.8. The van der Waals surface area contributed by atoms with Gasteiger partial charge in [0.1, 0.15) is 5.75 Å². The van der Waals surface area contributed by atoms with Gasteiger partial charge in [-0.05, 0) is 31.5 Å². The molecule has 0 saturated carbocycles. The van der Waals surface area contributed by atoms with Gasteiger partial charge in [0.05, 0.1) is 5.56 Å². The molecule has 1 N–H and O–H groups in total. The molecule has 0 radical (unpaired) electrons.